The van der Waals surface area contributed by atoms with E-state index < -0.39 is 0 Å². The molecule has 94 valence electrons. The lowest BCUT2D eigenvalue weighted by molar-refractivity contribution is 0.619. The highest BCUT2D eigenvalue weighted by Crippen LogP contribution is 2.04. The van der Waals surface area contributed by atoms with E-state index in [4.69, 9.17) is 0 Å². The highest BCUT2D eigenvalue weighted by atomic mass is 16.1. The molecule has 4 heteroatoms. The van der Waals surface area contributed by atoms with Crippen molar-refractivity contribution in [1.29, 1.82) is 0 Å². The van der Waals surface area contributed by atoms with Gasteiger partial charge in [0.25, 0.3) is 0 Å². The maximum Gasteiger partial charge on any atom is 0.347 e. The summed E-state index contributed by atoms with van der Waals surface area (Å²) in [4.78, 5) is 15.3. The average Bonchev–Trinajstić information content (AvgIpc) is 2.40. The van der Waals surface area contributed by atoms with Crippen molar-refractivity contribution in [3.63, 3.8) is 0 Å². The van der Waals surface area contributed by atoms with E-state index in [0.717, 1.165) is 24.2 Å². The van der Waals surface area contributed by atoms with E-state index in [9.17, 15) is 4.79 Å². The number of hydrogen-bond acceptors (Lipinski definition) is 3. The second-order valence-electron chi connectivity index (χ2n) is 4.25. The molecule has 0 fully saturated rings. The molecule has 0 saturated carbocycles. The number of rotatable bonds is 5. The van der Waals surface area contributed by atoms with Crippen LogP contribution in [0.3, 0.4) is 0 Å². The van der Waals surface area contributed by atoms with Gasteiger partial charge in [-0.2, -0.15) is 0 Å². The van der Waals surface area contributed by atoms with Crippen molar-refractivity contribution < 1.29 is 0 Å². The molecule has 0 spiro atoms. The van der Waals surface area contributed by atoms with Crippen LogP contribution in [0.25, 0.3) is 0 Å². The molecule has 0 aliphatic carbocycles. The normalized spacial score (nSPS) is 10.3. The maximum absolute atomic E-state index is 11.5. The van der Waals surface area contributed by atoms with Gasteiger partial charge >= 0.3 is 5.69 Å². The van der Waals surface area contributed by atoms with Gasteiger partial charge in [0.2, 0.25) is 0 Å². The Labute approximate surface area is 106 Å². The quantitative estimate of drug-likeness (QED) is 0.818. The molecule has 4 nitrogen and oxygen atoms in total. The van der Waals surface area contributed by atoms with Crippen molar-refractivity contribution in [2.24, 2.45) is 0 Å². The lowest BCUT2D eigenvalue weighted by atomic mass is 10.3. The molecule has 0 aliphatic rings. The number of nitrogens with zero attached hydrogens (tertiary/aromatic N) is 2. The van der Waals surface area contributed by atoms with Gasteiger partial charge in [0, 0.05) is 31.2 Å². The summed E-state index contributed by atoms with van der Waals surface area (Å²) in [5.74, 6) is 0. The van der Waals surface area contributed by atoms with Crippen molar-refractivity contribution in [3.8, 4) is 0 Å². The summed E-state index contributed by atoms with van der Waals surface area (Å²) < 4.78 is 1.65. The standard InChI is InChI=1S/C14H17N3O/c1-12-10-16-14(18)17(11-12)9-5-8-15-13-6-3-2-4-7-13/h2-4,6-7,10-11,15H,5,8-9H2,1H3. The maximum atomic E-state index is 11.5. The second-order valence-corrected chi connectivity index (χ2v) is 4.25. The zero-order valence-corrected chi connectivity index (χ0v) is 10.5. The molecule has 0 amide bonds. The third-order valence-electron chi connectivity index (χ3n) is 2.66. The molecule has 1 N–H and O–H groups in total. The number of hydrogen-bond donors (Lipinski definition) is 1. The van der Waals surface area contributed by atoms with Crippen molar-refractivity contribution >= 4 is 5.69 Å². The van der Waals surface area contributed by atoms with Gasteiger partial charge in [-0.05, 0) is 31.0 Å². The van der Waals surface area contributed by atoms with Crippen LogP contribution in [0.4, 0.5) is 5.69 Å². The SMILES string of the molecule is Cc1cnc(=O)n(CCCNc2ccccc2)c1. The van der Waals surface area contributed by atoms with Crippen LogP contribution in [-0.4, -0.2) is 16.1 Å². The molecule has 0 radical (unpaired) electrons. The molecule has 2 aromatic rings. The fourth-order valence-electron chi connectivity index (χ4n) is 1.76. The summed E-state index contributed by atoms with van der Waals surface area (Å²) in [6.07, 6.45) is 4.33. The third kappa shape index (κ3) is 3.45. The summed E-state index contributed by atoms with van der Waals surface area (Å²) in [6, 6.07) is 10.0. The van der Waals surface area contributed by atoms with Gasteiger partial charge in [-0.25, -0.2) is 9.78 Å². The van der Waals surface area contributed by atoms with Crippen molar-refractivity contribution in [2.45, 2.75) is 19.9 Å². The van der Waals surface area contributed by atoms with Crippen LogP contribution in [0.5, 0.6) is 0 Å². The summed E-state index contributed by atoms with van der Waals surface area (Å²) in [6.45, 7) is 3.46. The fraction of sp³-hybridized carbons (Fsp3) is 0.286. The monoisotopic (exact) mass is 243 g/mol. The Kier molecular flexibility index (Phi) is 4.12. The van der Waals surface area contributed by atoms with Crippen LogP contribution in [0.1, 0.15) is 12.0 Å². The molecule has 0 aliphatic heterocycles. The molecule has 1 aromatic heterocycles. The molecule has 0 bridgehead atoms. The number of anilines is 1. The number of benzene rings is 1. The minimum absolute atomic E-state index is 0.180. The fourth-order valence-corrected chi connectivity index (χ4v) is 1.76. The smallest absolute Gasteiger partial charge is 0.347 e. The summed E-state index contributed by atoms with van der Waals surface area (Å²) in [5.41, 5.74) is 1.93. The Hall–Kier alpha value is -2.10. The van der Waals surface area contributed by atoms with Crippen molar-refractivity contribution in [1.82, 2.24) is 9.55 Å². The van der Waals surface area contributed by atoms with Crippen molar-refractivity contribution in [2.75, 3.05) is 11.9 Å². The second kappa shape index (κ2) is 6.00. The van der Waals surface area contributed by atoms with Gasteiger partial charge in [-0.15, -0.1) is 0 Å². The first kappa shape index (κ1) is 12.4. The van der Waals surface area contributed by atoms with Gasteiger partial charge in [-0.3, -0.25) is 4.57 Å². The third-order valence-corrected chi connectivity index (χ3v) is 2.66. The van der Waals surface area contributed by atoms with E-state index in [0.29, 0.717) is 6.54 Å². The topological polar surface area (TPSA) is 46.9 Å². The summed E-state index contributed by atoms with van der Waals surface area (Å²) >= 11 is 0. The molecule has 18 heavy (non-hydrogen) atoms. The average molecular weight is 243 g/mol. The summed E-state index contributed by atoms with van der Waals surface area (Å²) in [7, 11) is 0. The number of aryl methyl sites for hydroxylation is 2. The minimum atomic E-state index is -0.180. The van der Waals surface area contributed by atoms with Crippen LogP contribution in [0, 0.1) is 6.92 Å². The zero-order chi connectivity index (χ0) is 12.8. The van der Waals surface area contributed by atoms with E-state index in [2.05, 4.69) is 10.3 Å². The van der Waals surface area contributed by atoms with Gasteiger partial charge in [0.05, 0.1) is 0 Å². The van der Waals surface area contributed by atoms with Gasteiger partial charge < -0.3 is 5.32 Å². The minimum Gasteiger partial charge on any atom is -0.385 e. The lowest BCUT2D eigenvalue weighted by Gasteiger charge is -2.07. The molecular weight excluding hydrogens is 226 g/mol. The molecule has 0 atom stereocenters. The summed E-state index contributed by atoms with van der Waals surface area (Å²) in [5, 5.41) is 3.31. The van der Waals surface area contributed by atoms with Gasteiger partial charge in [-0.1, -0.05) is 18.2 Å². The Morgan fingerprint density at radius 1 is 1.28 bits per heavy atom. The molecule has 1 aromatic carbocycles. The molecule has 1 heterocycles. The number of aromatic nitrogens is 2. The predicted molar refractivity (Wildman–Crippen MR) is 72.8 cm³/mol. The van der Waals surface area contributed by atoms with E-state index >= 15 is 0 Å². The van der Waals surface area contributed by atoms with Gasteiger partial charge in [0.15, 0.2) is 0 Å². The van der Waals surface area contributed by atoms with Crippen molar-refractivity contribution in [3.05, 3.63) is 58.8 Å². The van der Waals surface area contributed by atoms with Crippen LogP contribution in [0.15, 0.2) is 47.5 Å². The van der Waals surface area contributed by atoms with E-state index in [1.54, 1.807) is 10.8 Å². The van der Waals surface area contributed by atoms with Crippen LogP contribution in [-0.2, 0) is 6.54 Å². The van der Waals surface area contributed by atoms with E-state index in [1.807, 2.05) is 43.5 Å². The molecule has 2 rings (SSSR count). The molecule has 0 unspecified atom stereocenters. The largest absolute Gasteiger partial charge is 0.385 e. The Morgan fingerprint density at radius 2 is 2.06 bits per heavy atom. The highest BCUT2D eigenvalue weighted by Gasteiger charge is 1.97. The molecule has 0 saturated heterocycles. The first-order valence-electron chi connectivity index (χ1n) is 6.08. The van der Waals surface area contributed by atoms with Gasteiger partial charge in [0.1, 0.15) is 0 Å². The predicted octanol–water partition coefficient (Wildman–Crippen LogP) is 2.05. The van der Waals surface area contributed by atoms with E-state index in [1.165, 1.54) is 0 Å². The Morgan fingerprint density at radius 3 is 2.83 bits per heavy atom. The Balaban J connectivity index is 1.82. The first-order valence-corrected chi connectivity index (χ1v) is 6.08. The highest BCUT2D eigenvalue weighted by molar-refractivity contribution is 5.42. The van der Waals surface area contributed by atoms with Crippen LogP contribution < -0.4 is 11.0 Å². The van der Waals surface area contributed by atoms with Crippen LogP contribution in [0.2, 0.25) is 0 Å². The zero-order valence-electron chi connectivity index (χ0n) is 10.5. The van der Waals surface area contributed by atoms with Crippen LogP contribution >= 0.6 is 0 Å². The lowest BCUT2D eigenvalue weighted by Crippen LogP contribution is -2.23. The Bertz CT molecular complexity index is 548. The number of nitrogens with one attached hydrogen (secondary N) is 1. The van der Waals surface area contributed by atoms with E-state index in [-0.39, 0.29) is 5.69 Å². The molecular formula is C14H17N3O. The number of para-hydroxylation sites is 1. The first-order chi connectivity index (χ1) is 8.75.